The van der Waals surface area contributed by atoms with E-state index in [-0.39, 0.29) is 0 Å². The number of nitrogen functional groups attached to an aromatic ring is 1. The van der Waals surface area contributed by atoms with Crippen LogP contribution in [-0.2, 0) is 6.54 Å². The molecule has 0 unspecified atom stereocenters. The second-order valence-corrected chi connectivity index (χ2v) is 5.58. The van der Waals surface area contributed by atoms with E-state index in [0.29, 0.717) is 5.95 Å². The molecular weight excluding hydrogens is 294 g/mol. The van der Waals surface area contributed by atoms with Crippen LogP contribution >= 0.6 is 15.9 Å². The monoisotopic (exact) mass is 309 g/mol. The highest BCUT2D eigenvalue weighted by molar-refractivity contribution is 9.10. The highest BCUT2D eigenvalue weighted by Crippen LogP contribution is 2.19. The van der Waals surface area contributed by atoms with Crippen molar-refractivity contribution in [3.05, 3.63) is 16.7 Å². The zero-order valence-corrected chi connectivity index (χ0v) is 11.7. The number of nitrogens with zero attached hydrogens (tertiary/aromatic N) is 4. The molecule has 0 saturated carbocycles. The van der Waals surface area contributed by atoms with Gasteiger partial charge in [0.1, 0.15) is 5.52 Å². The lowest BCUT2D eigenvalue weighted by Gasteiger charge is -2.15. The summed E-state index contributed by atoms with van der Waals surface area (Å²) < 4.78 is 2.93. The van der Waals surface area contributed by atoms with Crippen molar-refractivity contribution in [2.24, 2.45) is 0 Å². The Hall–Kier alpha value is -1.14. The molecule has 6 heteroatoms. The number of rotatable bonds is 3. The molecular formula is C12H16BrN5. The Morgan fingerprint density at radius 1 is 1.28 bits per heavy atom. The van der Waals surface area contributed by atoms with Crippen LogP contribution < -0.4 is 5.73 Å². The lowest BCUT2D eigenvalue weighted by Crippen LogP contribution is -2.24. The Balaban J connectivity index is 1.84. The molecule has 3 rings (SSSR count). The van der Waals surface area contributed by atoms with Gasteiger partial charge >= 0.3 is 0 Å². The summed E-state index contributed by atoms with van der Waals surface area (Å²) in [6, 6.07) is 1.95. The Bertz CT molecular complexity index is 559. The molecule has 1 aliphatic heterocycles. The van der Waals surface area contributed by atoms with Crippen LogP contribution in [0.15, 0.2) is 16.7 Å². The quantitative estimate of drug-likeness (QED) is 0.940. The molecule has 2 N–H and O–H groups in total. The fourth-order valence-electron chi connectivity index (χ4n) is 2.47. The topological polar surface area (TPSA) is 60.0 Å². The minimum absolute atomic E-state index is 0.551. The summed E-state index contributed by atoms with van der Waals surface area (Å²) in [6.45, 7) is 4.28. The molecule has 0 radical (unpaired) electrons. The summed E-state index contributed by atoms with van der Waals surface area (Å²) in [4.78, 5) is 11.2. The summed E-state index contributed by atoms with van der Waals surface area (Å²) in [7, 11) is 0. The van der Waals surface area contributed by atoms with Gasteiger partial charge in [0.2, 0.25) is 5.95 Å². The SMILES string of the molecule is Nc1nc2cc(Br)cnc2n1CCN1CCCC1. The Morgan fingerprint density at radius 2 is 2.06 bits per heavy atom. The Morgan fingerprint density at radius 3 is 2.83 bits per heavy atom. The van der Waals surface area contributed by atoms with Gasteiger partial charge in [-0.15, -0.1) is 0 Å². The van der Waals surface area contributed by atoms with Crippen LogP contribution in [0.1, 0.15) is 12.8 Å². The van der Waals surface area contributed by atoms with E-state index in [9.17, 15) is 0 Å². The van der Waals surface area contributed by atoms with E-state index in [1.807, 2.05) is 10.6 Å². The van der Waals surface area contributed by atoms with Crippen molar-refractivity contribution in [2.45, 2.75) is 19.4 Å². The first-order chi connectivity index (χ1) is 8.74. The number of likely N-dealkylation sites (tertiary alicyclic amines) is 1. The van der Waals surface area contributed by atoms with Crippen molar-refractivity contribution >= 4 is 33.0 Å². The van der Waals surface area contributed by atoms with Gasteiger partial charge in [-0.1, -0.05) is 0 Å². The number of anilines is 1. The highest BCUT2D eigenvalue weighted by atomic mass is 79.9. The highest BCUT2D eigenvalue weighted by Gasteiger charge is 2.14. The van der Waals surface area contributed by atoms with Gasteiger partial charge in [-0.3, -0.25) is 4.57 Å². The third-order valence-electron chi connectivity index (χ3n) is 3.42. The number of fused-ring (bicyclic) bond motifs is 1. The lowest BCUT2D eigenvalue weighted by molar-refractivity contribution is 0.325. The van der Waals surface area contributed by atoms with Crippen molar-refractivity contribution in [3.63, 3.8) is 0 Å². The molecule has 1 saturated heterocycles. The zero-order chi connectivity index (χ0) is 12.5. The first-order valence-electron chi connectivity index (χ1n) is 6.23. The molecule has 0 amide bonds. The average Bonchev–Trinajstić information content (AvgIpc) is 2.93. The number of pyridine rings is 1. The zero-order valence-electron chi connectivity index (χ0n) is 10.1. The summed E-state index contributed by atoms with van der Waals surface area (Å²) in [6.07, 6.45) is 4.41. The van der Waals surface area contributed by atoms with Crippen molar-refractivity contribution in [2.75, 3.05) is 25.4 Å². The molecule has 0 atom stereocenters. The van der Waals surface area contributed by atoms with Crippen LogP contribution in [-0.4, -0.2) is 39.1 Å². The van der Waals surface area contributed by atoms with E-state index in [4.69, 9.17) is 5.73 Å². The molecule has 2 aromatic rings. The normalized spacial score (nSPS) is 16.7. The molecule has 0 spiro atoms. The molecule has 96 valence electrons. The third kappa shape index (κ3) is 2.22. The van der Waals surface area contributed by atoms with Gasteiger partial charge < -0.3 is 10.6 Å². The van der Waals surface area contributed by atoms with Gasteiger partial charge in [-0.2, -0.15) is 0 Å². The number of aromatic nitrogens is 3. The van der Waals surface area contributed by atoms with E-state index in [1.54, 1.807) is 6.20 Å². The van der Waals surface area contributed by atoms with E-state index in [1.165, 1.54) is 25.9 Å². The maximum atomic E-state index is 5.97. The molecule has 0 aliphatic carbocycles. The lowest BCUT2D eigenvalue weighted by atomic mass is 10.4. The van der Waals surface area contributed by atoms with Crippen molar-refractivity contribution < 1.29 is 0 Å². The van der Waals surface area contributed by atoms with E-state index in [0.717, 1.165) is 28.7 Å². The van der Waals surface area contributed by atoms with Gasteiger partial charge in [0.25, 0.3) is 0 Å². The number of nitrogens with two attached hydrogens (primary N) is 1. The smallest absolute Gasteiger partial charge is 0.202 e. The van der Waals surface area contributed by atoms with Crippen LogP contribution in [0.3, 0.4) is 0 Å². The van der Waals surface area contributed by atoms with Gasteiger partial charge in [-0.05, 0) is 47.9 Å². The van der Waals surface area contributed by atoms with Crippen molar-refractivity contribution in [1.82, 2.24) is 19.4 Å². The summed E-state index contributed by atoms with van der Waals surface area (Å²) >= 11 is 3.40. The molecule has 5 nitrogen and oxygen atoms in total. The molecule has 3 heterocycles. The van der Waals surface area contributed by atoms with E-state index >= 15 is 0 Å². The number of hydrogen-bond donors (Lipinski definition) is 1. The second-order valence-electron chi connectivity index (χ2n) is 4.67. The molecule has 1 fully saturated rings. The summed E-state index contributed by atoms with van der Waals surface area (Å²) in [5, 5.41) is 0. The molecule has 18 heavy (non-hydrogen) atoms. The molecule has 0 bridgehead atoms. The van der Waals surface area contributed by atoms with E-state index in [2.05, 4.69) is 30.8 Å². The van der Waals surface area contributed by atoms with Crippen LogP contribution in [0.5, 0.6) is 0 Å². The average molecular weight is 310 g/mol. The fourth-order valence-corrected chi connectivity index (χ4v) is 2.79. The summed E-state index contributed by atoms with van der Waals surface area (Å²) in [5.41, 5.74) is 7.69. The second kappa shape index (κ2) is 4.85. The van der Waals surface area contributed by atoms with Crippen LogP contribution in [0.25, 0.3) is 11.2 Å². The number of imidazole rings is 1. The van der Waals surface area contributed by atoms with E-state index < -0.39 is 0 Å². The third-order valence-corrected chi connectivity index (χ3v) is 3.85. The van der Waals surface area contributed by atoms with Crippen LogP contribution in [0.2, 0.25) is 0 Å². The van der Waals surface area contributed by atoms with Gasteiger partial charge in [0.05, 0.1) is 0 Å². The largest absolute Gasteiger partial charge is 0.369 e. The van der Waals surface area contributed by atoms with Gasteiger partial charge in [0.15, 0.2) is 5.65 Å². The predicted molar refractivity (Wildman–Crippen MR) is 75.3 cm³/mol. The van der Waals surface area contributed by atoms with Gasteiger partial charge in [0, 0.05) is 23.8 Å². The molecule has 2 aromatic heterocycles. The maximum Gasteiger partial charge on any atom is 0.202 e. The molecule has 1 aliphatic rings. The Labute approximate surface area is 114 Å². The minimum Gasteiger partial charge on any atom is -0.369 e. The Kier molecular flexibility index (Phi) is 3.22. The predicted octanol–water partition coefficient (Wildman–Crippen LogP) is 1.87. The standard InChI is InChI=1S/C12H16BrN5/c13-9-7-10-11(15-8-9)18(12(14)16-10)6-5-17-3-1-2-4-17/h7-8H,1-6H2,(H2,14,16). The number of hydrogen-bond acceptors (Lipinski definition) is 4. The van der Waals surface area contributed by atoms with Crippen molar-refractivity contribution in [3.8, 4) is 0 Å². The first-order valence-corrected chi connectivity index (χ1v) is 7.03. The van der Waals surface area contributed by atoms with Crippen LogP contribution in [0.4, 0.5) is 5.95 Å². The number of halogens is 1. The summed E-state index contributed by atoms with van der Waals surface area (Å²) in [5.74, 6) is 0.551. The molecule has 0 aromatic carbocycles. The van der Waals surface area contributed by atoms with Crippen LogP contribution in [0, 0.1) is 0 Å². The fraction of sp³-hybridized carbons (Fsp3) is 0.500. The maximum absolute atomic E-state index is 5.97. The minimum atomic E-state index is 0.551. The van der Waals surface area contributed by atoms with Gasteiger partial charge in [-0.25, -0.2) is 9.97 Å². The van der Waals surface area contributed by atoms with Crippen molar-refractivity contribution in [1.29, 1.82) is 0 Å². The first kappa shape index (κ1) is 11.9.